The maximum atomic E-state index is 11.3. The molecule has 6 nitrogen and oxygen atoms in total. The van der Waals surface area contributed by atoms with Gasteiger partial charge in [-0.2, -0.15) is 4.99 Å². The summed E-state index contributed by atoms with van der Waals surface area (Å²) in [4.78, 5) is 27.6. The number of nitrogens with zero attached hydrogens (tertiary/aromatic N) is 2. The average Bonchev–Trinajstić information content (AvgIpc) is 2.25. The van der Waals surface area contributed by atoms with Crippen LogP contribution in [0.3, 0.4) is 0 Å². The minimum absolute atomic E-state index is 0.319. The van der Waals surface area contributed by atoms with Crippen molar-refractivity contribution in [3.63, 3.8) is 0 Å². The van der Waals surface area contributed by atoms with Crippen molar-refractivity contribution in [2.75, 3.05) is 26.9 Å². The third kappa shape index (κ3) is 6.28. The first-order valence-electron chi connectivity index (χ1n) is 4.92. The smallest absolute Gasteiger partial charge is 0.341 e. The van der Waals surface area contributed by atoms with Crippen molar-refractivity contribution in [2.24, 2.45) is 4.99 Å². The molecule has 16 heavy (non-hydrogen) atoms. The Morgan fingerprint density at radius 2 is 2.00 bits per heavy atom. The lowest BCUT2D eigenvalue weighted by Crippen LogP contribution is -2.37. The molecule has 0 spiro atoms. The third-order valence-electron chi connectivity index (χ3n) is 1.47. The monoisotopic (exact) mass is 246 g/mol. The van der Waals surface area contributed by atoms with Gasteiger partial charge in [0.2, 0.25) is 0 Å². The van der Waals surface area contributed by atoms with Crippen LogP contribution in [0.2, 0.25) is 0 Å². The molecule has 0 fully saturated rings. The highest BCUT2D eigenvalue weighted by atomic mass is 32.2. The molecule has 0 unspecified atom stereocenters. The lowest BCUT2D eigenvalue weighted by Gasteiger charge is -2.09. The Bertz CT molecular complexity index is 279. The molecule has 0 aromatic heterocycles. The van der Waals surface area contributed by atoms with Crippen molar-refractivity contribution in [2.45, 2.75) is 13.3 Å². The molecule has 4 amide bonds. The molecular weight excluding hydrogens is 228 g/mol. The van der Waals surface area contributed by atoms with Gasteiger partial charge in [-0.15, -0.1) is 0 Å². The Kier molecular flexibility index (Phi) is 7.36. The minimum Gasteiger partial charge on any atom is -0.341 e. The second kappa shape index (κ2) is 7.98. The van der Waals surface area contributed by atoms with Crippen LogP contribution in [-0.4, -0.2) is 49.0 Å². The summed E-state index contributed by atoms with van der Waals surface area (Å²) in [6.45, 7) is 2.01. The van der Waals surface area contributed by atoms with Gasteiger partial charge in [-0.05, 0) is 6.42 Å². The third-order valence-corrected chi connectivity index (χ3v) is 2.55. The molecule has 0 aromatic rings. The maximum absolute atomic E-state index is 11.3. The Morgan fingerprint density at radius 3 is 2.44 bits per heavy atom. The van der Waals surface area contributed by atoms with E-state index in [1.54, 1.807) is 14.1 Å². The number of carbonyl (C=O) groups excluding carboxylic acids is 2. The zero-order valence-electron chi connectivity index (χ0n) is 10.0. The number of aliphatic imine (C=N–C) groups is 1. The van der Waals surface area contributed by atoms with Crippen LogP contribution >= 0.6 is 11.8 Å². The number of amides is 4. The summed E-state index contributed by atoms with van der Waals surface area (Å²) in [6.07, 6.45) is 0.940. The van der Waals surface area contributed by atoms with Crippen LogP contribution in [0.1, 0.15) is 13.3 Å². The fourth-order valence-corrected chi connectivity index (χ4v) is 1.35. The highest BCUT2D eigenvalue weighted by Crippen LogP contribution is 2.04. The molecule has 0 saturated carbocycles. The fraction of sp³-hybridized carbons (Fsp3) is 0.667. The minimum atomic E-state index is -0.394. The lowest BCUT2D eigenvalue weighted by molar-refractivity contribution is 0.227. The van der Waals surface area contributed by atoms with Crippen LogP contribution in [0.25, 0.3) is 0 Å². The Morgan fingerprint density at radius 1 is 1.38 bits per heavy atom. The maximum Gasteiger partial charge on any atom is 0.345 e. The van der Waals surface area contributed by atoms with Crippen LogP contribution in [0.5, 0.6) is 0 Å². The Balaban J connectivity index is 4.52. The van der Waals surface area contributed by atoms with Crippen molar-refractivity contribution < 1.29 is 9.59 Å². The number of nitrogens with one attached hydrogen (secondary N) is 2. The Labute approximate surface area is 99.9 Å². The first-order chi connectivity index (χ1) is 7.51. The van der Waals surface area contributed by atoms with Crippen molar-refractivity contribution in [1.82, 2.24) is 15.5 Å². The van der Waals surface area contributed by atoms with Gasteiger partial charge in [-0.25, -0.2) is 9.59 Å². The number of rotatable bonds is 2. The van der Waals surface area contributed by atoms with Gasteiger partial charge in [-0.3, -0.25) is 5.32 Å². The highest BCUT2D eigenvalue weighted by Gasteiger charge is 2.08. The number of thioether (sulfide) groups is 1. The standard InChI is InChI=1S/C9H18N4O2S/c1-5-6-16-8(11-7(14)10-2)12-9(15)13(3)4/h5-6H2,1-4H3,(H2,10,11,12,14,15). The quantitative estimate of drug-likeness (QED) is 0.566. The van der Waals surface area contributed by atoms with Crippen LogP contribution in [0.4, 0.5) is 9.59 Å². The van der Waals surface area contributed by atoms with E-state index >= 15 is 0 Å². The van der Waals surface area contributed by atoms with E-state index in [0.29, 0.717) is 5.17 Å². The molecule has 2 N–H and O–H groups in total. The summed E-state index contributed by atoms with van der Waals surface area (Å²) in [7, 11) is 4.72. The van der Waals surface area contributed by atoms with E-state index in [4.69, 9.17) is 0 Å². The summed E-state index contributed by atoms with van der Waals surface area (Å²) in [5.74, 6) is 0.795. The zero-order chi connectivity index (χ0) is 12.6. The first-order valence-corrected chi connectivity index (χ1v) is 5.91. The van der Waals surface area contributed by atoms with E-state index in [2.05, 4.69) is 15.6 Å². The van der Waals surface area contributed by atoms with Gasteiger partial charge >= 0.3 is 12.1 Å². The normalized spacial score (nSPS) is 10.9. The van der Waals surface area contributed by atoms with Crippen molar-refractivity contribution in [3.8, 4) is 0 Å². The summed E-state index contributed by atoms with van der Waals surface area (Å²) in [5, 5.41) is 5.23. The SMILES string of the molecule is CCCSC(=NC(=O)N(C)C)NC(=O)NC. The van der Waals surface area contributed by atoms with Crippen LogP contribution in [0, 0.1) is 0 Å². The summed E-state index contributed by atoms with van der Waals surface area (Å²) in [5.41, 5.74) is 0. The zero-order valence-corrected chi connectivity index (χ0v) is 10.8. The van der Waals surface area contributed by atoms with E-state index in [1.165, 1.54) is 23.7 Å². The van der Waals surface area contributed by atoms with Crippen LogP contribution in [-0.2, 0) is 0 Å². The predicted octanol–water partition coefficient (Wildman–Crippen LogP) is 1.10. The molecule has 0 rings (SSSR count). The van der Waals surface area contributed by atoms with E-state index in [9.17, 15) is 9.59 Å². The molecule has 92 valence electrons. The van der Waals surface area contributed by atoms with Gasteiger partial charge in [0.05, 0.1) is 0 Å². The first kappa shape index (κ1) is 14.8. The summed E-state index contributed by atoms with van der Waals surface area (Å²) in [6, 6.07) is -0.774. The molecule has 0 aliphatic heterocycles. The largest absolute Gasteiger partial charge is 0.345 e. The number of urea groups is 2. The van der Waals surface area contributed by atoms with E-state index in [1.807, 2.05) is 6.92 Å². The van der Waals surface area contributed by atoms with Crippen molar-refractivity contribution >= 4 is 29.0 Å². The summed E-state index contributed by atoms with van der Waals surface area (Å²) < 4.78 is 0. The number of amidine groups is 1. The second-order valence-electron chi connectivity index (χ2n) is 3.15. The van der Waals surface area contributed by atoms with Gasteiger partial charge in [0.15, 0.2) is 5.17 Å². The predicted molar refractivity (Wildman–Crippen MR) is 66.9 cm³/mol. The lowest BCUT2D eigenvalue weighted by atomic mass is 10.6. The second-order valence-corrected chi connectivity index (χ2v) is 4.23. The molecule has 0 radical (unpaired) electrons. The molecule has 0 saturated heterocycles. The summed E-state index contributed by atoms with van der Waals surface area (Å²) >= 11 is 1.34. The van der Waals surface area contributed by atoms with E-state index in [0.717, 1.165) is 12.2 Å². The van der Waals surface area contributed by atoms with Gasteiger partial charge < -0.3 is 10.2 Å². The van der Waals surface area contributed by atoms with Gasteiger partial charge in [0.25, 0.3) is 0 Å². The van der Waals surface area contributed by atoms with Crippen LogP contribution in [0.15, 0.2) is 4.99 Å². The fourth-order valence-electron chi connectivity index (χ4n) is 0.642. The molecule has 0 aliphatic rings. The Hall–Kier alpha value is -1.24. The molecule has 0 aromatic carbocycles. The van der Waals surface area contributed by atoms with Crippen molar-refractivity contribution in [3.05, 3.63) is 0 Å². The van der Waals surface area contributed by atoms with Gasteiger partial charge in [-0.1, -0.05) is 18.7 Å². The van der Waals surface area contributed by atoms with Gasteiger partial charge in [0.1, 0.15) is 0 Å². The molecule has 0 heterocycles. The van der Waals surface area contributed by atoms with Crippen LogP contribution < -0.4 is 10.6 Å². The number of carbonyl (C=O) groups is 2. The molecule has 0 atom stereocenters. The van der Waals surface area contributed by atoms with Crippen molar-refractivity contribution in [1.29, 1.82) is 0 Å². The topological polar surface area (TPSA) is 73.8 Å². The molecule has 0 aliphatic carbocycles. The number of hydrogen-bond acceptors (Lipinski definition) is 3. The van der Waals surface area contributed by atoms with Gasteiger partial charge in [0, 0.05) is 26.9 Å². The highest BCUT2D eigenvalue weighted by molar-refractivity contribution is 8.13. The van der Waals surface area contributed by atoms with E-state index < -0.39 is 6.03 Å². The molecular formula is C9H18N4O2S. The number of hydrogen-bond donors (Lipinski definition) is 2. The molecule has 7 heteroatoms. The van der Waals surface area contributed by atoms with E-state index in [-0.39, 0.29) is 6.03 Å². The molecule has 0 bridgehead atoms. The average molecular weight is 246 g/mol.